The number of hydroxylamine groups is 1. The van der Waals surface area contributed by atoms with Crippen LogP contribution in [-0.2, 0) is 16.1 Å². The number of fused-ring (bicyclic) bond motifs is 1. The first-order chi connectivity index (χ1) is 18.5. The average molecular weight is 519 g/mol. The minimum atomic E-state index is -0.443. The van der Waals surface area contributed by atoms with Gasteiger partial charge in [-0.3, -0.25) is 24.7 Å². The van der Waals surface area contributed by atoms with Gasteiger partial charge in [-0.25, -0.2) is 5.48 Å². The van der Waals surface area contributed by atoms with Gasteiger partial charge in [0.15, 0.2) is 0 Å². The molecule has 2 amide bonds. The van der Waals surface area contributed by atoms with Gasteiger partial charge in [-0.05, 0) is 56.2 Å². The third kappa shape index (κ3) is 6.12. The average Bonchev–Trinajstić information content (AvgIpc) is 3.34. The Morgan fingerprint density at radius 1 is 1.11 bits per heavy atom. The van der Waals surface area contributed by atoms with Crippen LogP contribution >= 0.6 is 0 Å². The molecular formula is C29H34N4O5. The third-order valence-corrected chi connectivity index (χ3v) is 7.51. The van der Waals surface area contributed by atoms with E-state index in [1.807, 2.05) is 37.3 Å². The van der Waals surface area contributed by atoms with Crippen molar-refractivity contribution in [3.05, 3.63) is 71.4 Å². The SMILES string of the molecule is Cc1cc(COc2ccc(C(=O)N[C@@H]3CN(C4CCOCC4)C[C@@H]3CC(=O)NO)cc2)c2ccccc2n1. The lowest BCUT2D eigenvalue weighted by Gasteiger charge is -2.31. The summed E-state index contributed by atoms with van der Waals surface area (Å²) < 4.78 is 11.5. The summed E-state index contributed by atoms with van der Waals surface area (Å²) in [6.45, 7) is 5.18. The van der Waals surface area contributed by atoms with Crippen LogP contribution in [0.5, 0.6) is 5.75 Å². The second-order valence-corrected chi connectivity index (χ2v) is 10.1. The molecule has 2 aliphatic heterocycles. The molecule has 5 rings (SSSR count). The molecule has 0 bridgehead atoms. The predicted octanol–water partition coefficient (Wildman–Crippen LogP) is 3.23. The number of para-hydroxylation sites is 1. The van der Waals surface area contributed by atoms with Crippen LogP contribution in [0.2, 0.25) is 0 Å². The van der Waals surface area contributed by atoms with Gasteiger partial charge in [0, 0.05) is 72.9 Å². The van der Waals surface area contributed by atoms with Gasteiger partial charge >= 0.3 is 0 Å². The second-order valence-electron chi connectivity index (χ2n) is 10.1. The molecule has 1 aromatic heterocycles. The Morgan fingerprint density at radius 2 is 1.87 bits per heavy atom. The fraction of sp³-hybridized carbons (Fsp3) is 0.414. The van der Waals surface area contributed by atoms with E-state index in [4.69, 9.17) is 14.7 Å². The Balaban J connectivity index is 1.22. The third-order valence-electron chi connectivity index (χ3n) is 7.51. The van der Waals surface area contributed by atoms with Crippen LogP contribution in [0.1, 0.15) is 40.9 Å². The molecule has 2 aromatic carbocycles. The molecule has 0 spiro atoms. The van der Waals surface area contributed by atoms with E-state index in [0.29, 0.717) is 37.1 Å². The zero-order chi connectivity index (χ0) is 26.5. The van der Waals surface area contributed by atoms with Crippen molar-refractivity contribution in [3.63, 3.8) is 0 Å². The Bertz CT molecular complexity index is 1280. The molecule has 3 N–H and O–H groups in total. The number of benzene rings is 2. The first-order valence-electron chi connectivity index (χ1n) is 13.1. The first-order valence-corrected chi connectivity index (χ1v) is 13.1. The highest BCUT2D eigenvalue weighted by molar-refractivity contribution is 5.94. The Hall–Kier alpha value is -3.53. The molecule has 2 atom stereocenters. The highest BCUT2D eigenvalue weighted by Gasteiger charge is 2.38. The maximum Gasteiger partial charge on any atom is 0.251 e. The fourth-order valence-electron chi connectivity index (χ4n) is 5.54. The largest absolute Gasteiger partial charge is 0.489 e. The van der Waals surface area contributed by atoms with E-state index in [0.717, 1.165) is 48.2 Å². The minimum absolute atomic E-state index is 0.0878. The predicted molar refractivity (Wildman–Crippen MR) is 142 cm³/mol. The summed E-state index contributed by atoms with van der Waals surface area (Å²) in [6, 6.07) is 17.3. The molecule has 2 fully saturated rings. The van der Waals surface area contributed by atoms with Crippen LogP contribution in [0, 0.1) is 12.8 Å². The number of aryl methyl sites for hydroxylation is 1. The second kappa shape index (κ2) is 11.9. The first kappa shape index (κ1) is 26.1. The van der Waals surface area contributed by atoms with Gasteiger partial charge in [0.1, 0.15) is 12.4 Å². The topological polar surface area (TPSA) is 113 Å². The standard InChI is InChI=1S/C29H34N4O5/c1-19-14-22(25-4-2-3-5-26(25)30-19)18-38-24-8-6-20(7-9-24)29(35)31-27-17-33(23-10-12-37-13-11-23)16-21(27)15-28(34)32-36/h2-9,14,21,23,27,36H,10-13,15-18H2,1H3,(H,31,35)(H,32,34)/t21-,27+/m0/s1. The van der Waals surface area contributed by atoms with E-state index < -0.39 is 5.91 Å². The maximum absolute atomic E-state index is 13.1. The maximum atomic E-state index is 13.1. The number of rotatable bonds is 8. The number of hydrogen-bond donors (Lipinski definition) is 3. The van der Waals surface area contributed by atoms with Crippen molar-refractivity contribution in [2.24, 2.45) is 5.92 Å². The fourth-order valence-corrected chi connectivity index (χ4v) is 5.54. The van der Waals surface area contributed by atoms with Crippen LogP contribution in [0.15, 0.2) is 54.6 Å². The number of pyridine rings is 1. The van der Waals surface area contributed by atoms with E-state index in [9.17, 15) is 9.59 Å². The normalized spacial score (nSPS) is 20.4. The number of ether oxygens (including phenoxy) is 2. The van der Waals surface area contributed by atoms with Gasteiger partial charge in [0.2, 0.25) is 5.91 Å². The van der Waals surface area contributed by atoms with Crippen molar-refractivity contribution in [1.82, 2.24) is 20.7 Å². The quantitative estimate of drug-likeness (QED) is 0.310. The van der Waals surface area contributed by atoms with Gasteiger partial charge in [-0.15, -0.1) is 0 Å². The van der Waals surface area contributed by atoms with E-state index in [1.165, 1.54) is 0 Å². The van der Waals surface area contributed by atoms with Gasteiger partial charge in [0.05, 0.1) is 5.52 Å². The Labute approximate surface area is 222 Å². The molecule has 0 unspecified atom stereocenters. The van der Waals surface area contributed by atoms with Crippen molar-refractivity contribution in [2.45, 2.75) is 44.9 Å². The zero-order valence-corrected chi connectivity index (χ0v) is 21.6. The highest BCUT2D eigenvalue weighted by atomic mass is 16.5. The van der Waals surface area contributed by atoms with E-state index in [1.54, 1.807) is 29.7 Å². The van der Waals surface area contributed by atoms with Crippen LogP contribution in [0.4, 0.5) is 0 Å². The number of amides is 2. The molecule has 0 aliphatic carbocycles. The summed E-state index contributed by atoms with van der Waals surface area (Å²) in [4.78, 5) is 31.9. The molecule has 3 aromatic rings. The molecule has 9 nitrogen and oxygen atoms in total. The van der Waals surface area contributed by atoms with Crippen molar-refractivity contribution in [1.29, 1.82) is 0 Å². The summed E-state index contributed by atoms with van der Waals surface area (Å²) >= 11 is 0. The monoisotopic (exact) mass is 518 g/mol. The van der Waals surface area contributed by atoms with Crippen molar-refractivity contribution in [2.75, 3.05) is 26.3 Å². The van der Waals surface area contributed by atoms with Crippen molar-refractivity contribution >= 4 is 22.7 Å². The zero-order valence-electron chi connectivity index (χ0n) is 21.6. The van der Waals surface area contributed by atoms with Crippen LogP contribution < -0.4 is 15.5 Å². The molecule has 9 heteroatoms. The molecule has 0 saturated carbocycles. The number of hydrogen-bond acceptors (Lipinski definition) is 7. The summed E-state index contributed by atoms with van der Waals surface area (Å²) in [7, 11) is 0. The lowest BCUT2D eigenvalue weighted by molar-refractivity contribution is -0.130. The summed E-state index contributed by atoms with van der Waals surface area (Å²) in [6.07, 6.45) is 2.03. The number of aromatic nitrogens is 1. The van der Waals surface area contributed by atoms with Crippen LogP contribution in [-0.4, -0.2) is 65.3 Å². The number of nitrogens with zero attached hydrogens (tertiary/aromatic N) is 2. The van der Waals surface area contributed by atoms with E-state index in [2.05, 4.69) is 15.2 Å². The van der Waals surface area contributed by atoms with Crippen molar-refractivity contribution in [3.8, 4) is 5.75 Å². The Morgan fingerprint density at radius 3 is 2.63 bits per heavy atom. The minimum Gasteiger partial charge on any atom is -0.489 e. The van der Waals surface area contributed by atoms with Gasteiger partial charge in [-0.2, -0.15) is 0 Å². The van der Waals surface area contributed by atoms with E-state index >= 15 is 0 Å². The molecule has 2 aliphatic rings. The lowest BCUT2D eigenvalue weighted by Crippen LogP contribution is -2.43. The van der Waals surface area contributed by atoms with Gasteiger partial charge in [0.25, 0.3) is 5.91 Å². The number of nitrogens with one attached hydrogen (secondary N) is 2. The number of carbonyl (C=O) groups excluding carboxylic acids is 2. The smallest absolute Gasteiger partial charge is 0.251 e. The summed E-state index contributed by atoms with van der Waals surface area (Å²) in [5.74, 6) is -0.0540. The molecular weight excluding hydrogens is 484 g/mol. The summed E-state index contributed by atoms with van der Waals surface area (Å²) in [5.41, 5.74) is 5.19. The molecule has 200 valence electrons. The van der Waals surface area contributed by atoms with Gasteiger partial charge < -0.3 is 14.8 Å². The van der Waals surface area contributed by atoms with Crippen LogP contribution in [0.3, 0.4) is 0 Å². The Kier molecular flexibility index (Phi) is 8.17. The van der Waals surface area contributed by atoms with E-state index in [-0.39, 0.29) is 24.3 Å². The van der Waals surface area contributed by atoms with Crippen LogP contribution in [0.25, 0.3) is 10.9 Å². The lowest BCUT2D eigenvalue weighted by atomic mass is 9.99. The number of carbonyl (C=O) groups is 2. The van der Waals surface area contributed by atoms with Crippen molar-refractivity contribution < 1.29 is 24.3 Å². The molecule has 2 saturated heterocycles. The molecule has 0 radical (unpaired) electrons. The molecule has 3 heterocycles. The number of likely N-dealkylation sites (tertiary alicyclic amines) is 1. The molecule has 38 heavy (non-hydrogen) atoms. The summed E-state index contributed by atoms with van der Waals surface area (Å²) in [5, 5.41) is 13.2. The van der Waals surface area contributed by atoms with Gasteiger partial charge in [-0.1, -0.05) is 18.2 Å². The highest BCUT2D eigenvalue weighted by Crippen LogP contribution is 2.27.